The molecule has 164 valence electrons. The van der Waals surface area contributed by atoms with Crippen LogP contribution in [0.1, 0.15) is 63.1 Å². The third-order valence-electron chi connectivity index (χ3n) is 5.06. The highest BCUT2D eigenvalue weighted by atomic mass is 19.4. The first-order valence-corrected chi connectivity index (χ1v) is 9.73. The highest BCUT2D eigenvalue weighted by molar-refractivity contribution is 5.30. The number of hydrazine groups is 1. The van der Waals surface area contributed by atoms with Gasteiger partial charge in [-0.05, 0) is 71.1 Å². The van der Waals surface area contributed by atoms with Gasteiger partial charge in [0.15, 0.2) is 0 Å². The van der Waals surface area contributed by atoms with Crippen molar-refractivity contribution in [1.82, 2.24) is 5.01 Å². The second kappa shape index (κ2) is 9.19. The van der Waals surface area contributed by atoms with Gasteiger partial charge >= 0.3 is 6.18 Å². The van der Waals surface area contributed by atoms with E-state index in [4.69, 9.17) is 9.57 Å². The van der Waals surface area contributed by atoms with Gasteiger partial charge in [0.05, 0.1) is 35.8 Å². The van der Waals surface area contributed by atoms with Crippen LogP contribution >= 0.6 is 0 Å². The number of ether oxygens (including phenoxy) is 1. The maximum Gasteiger partial charge on any atom is 0.416 e. The Morgan fingerprint density at radius 1 is 1.10 bits per heavy atom. The third kappa shape index (κ3) is 7.06. The van der Waals surface area contributed by atoms with Gasteiger partial charge in [0.25, 0.3) is 0 Å². The van der Waals surface area contributed by atoms with E-state index in [1.54, 1.807) is 20.0 Å². The standard InChI is InChI=1S/C20H30F3N3O3/c1-14-10-15(12-16(11-14)20(21,22)23)13-28-17-6-8-18(9-7-17)29-24-26(27)25(5)19(2,3)4/h10-12,17-18H,6-9,13H2,1-5H3/b26-24-. The number of rotatable bonds is 6. The SMILES string of the molecule is Cc1cc(COC2CCC(O/N=[N+](\[O-])N(C)C(C)(C)C)CC2)cc(C(F)(F)F)c1. The van der Waals surface area contributed by atoms with Crippen molar-refractivity contribution >= 4 is 0 Å². The van der Waals surface area contributed by atoms with Crippen LogP contribution in [0.4, 0.5) is 13.2 Å². The molecule has 1 aliphatic rings. The second-order valence-electron chi connectivity index (χ2n) is 8.55. The topological polar surface area (TPSA) is 60.1 Å². The predicted octanol–water partition coefficient (Wildman–Crippen LogP) is 5.38. The molecule has 0 unspecified atom stereocenters. The maximum atomic E-state index is 12.9. The van der Waals surface area contributed by atoms with Crippen molar-refractivity contribution in [3.05, 3.63) is 40.1 Å². The smallest absolute Gasteiger partial charge is 0.416 e. The van der Waals surface area contributed by atoms with Crippen LogP contribution in [-0.2, 0) is 22.4 Å². The number of benzene rings is 1. The Balaban J connectivity index is 1.81. The predicted molar refractivity (Wildman–Crippen MR) is 102 cm³/mol. The van der Waals surface area contributed by atoms with E-state index < -0.39 is 11.7 Å². The first-order chi connectivity index (χ1) is 13.4. The van der Waals surface area contributed by atoms with Crippen LogP contribution in [0.3, 0.4) is 0 Å². The Bertz CT molecular complexity index is 709. The number of alkyl halides is 3. The minimum Gasteiger partial charge on any atom is -0.569 e. The molecular weight excluding hydrogens is 387 g/mol. The lowest BCUT2D eigenvalue weighted by molar-refractivity contribution is -0.720. The van der Waals surface area contributed by atoms with Crippen molar-refractivity contribution in [1.29, 1.82) is 0 Å². The Morgan fingerprint density at radius 3 is 2.24 bits per heavy atom. The fourth-order valence-corrected chi connectivity index (χ4v) is 3.05. The van der Waals surface area contributed by atoms with Gasteiger partial charge in [-0.3, -0.25) is 0 Å². The zero-order valence-electron chi connectivity index (χ0n) is 17.6. The van der Waals surface area contributed by atoms with Gasteiger partial charge in [0, 0.05) is 0 Å². The van der Waals surface area contributed by atoms with Crippen LogP contribution in [0, 0.1) is 12.1 Å². The van der Waals surface area contributed by atoms with Crippen LogP contribution in [-0.4, -0.2) is 34.8 Å². The summed E-state index contributed by atoms with van der Waals surface area (Å²) in [7, 11) is 1.64. The van der Waals surface area contributed by atoms with Crippen molar-refractivity contribution in [2.24, 2.45) is 5.28 Å². The summed E-state index contributed by atoms with van der Waals surface area (Å²) >= 11 is 0. The van der Waals surface area contributed by atoms with Crippen LogP contribution < -0.4 is 0 Å². The van der Waals surface area contributed by atoms with Crippen LogP contribution in [0.25, 0.3) is 0 Å². The normalized spacial score (nSPS) is 21.2. The molecular formula is C20H30F3N3O3. The lowest BCUT2D eigenvalue weighted by Crippen LogP contribution is -2.42. The van der Waals surface area contributed by atoms with Gasteiger partial charge in [-0.2, -0.15) is 13.2 Å². The molecule has 29 heavy (non-hydrogen) atoms. The number of hydrogen-bond donors (Lipinski definition) is 0. The van der Waals surface area contributed by atoms with Crippen molar-refractivity contribution in [3.63, 3.8) is 0 Å². The van der Waals surface area contributed by atoms with E-state index in [1.165, 1.54) is 5.01 Å². The summed E-state index contributed by atoms with van der Waals surface area (Å²) in [5, 5.41) is 17.0. The van der Waals surface area contributed by atoms with E-state index in [1.807, 2.05) is 20.8 Å². The lowest BCUT2D eigenvalue weighted by Gasteiger charge is -2.28. The minimum atomic E-state index is -4.36. The molecule has 6 nitrogen and oxygen atoms in total. The highest BCUT2D eigenvalue weighted by Gasteiger charge is 2.31. The molecule has 0 atom stereocenters. The van der Waals surface area contributed by atoms with Gasteiger partial charge in [-0.1, -0.05) is 11.6 Å². The van der Waals surface area contributed by atoms with Gasteiger partial charge in [-0.25, -0.2) is 0 Å². The minimum absolute atomic E-state index is 0.0506. The zero-order valence-corrected chi connectivity index (χ0v) is 17.6. The van der Waals surface area contributed by atoms with Gasteiger partial charge < -0.3 is 14.8 Å². The Morgan fingerprint density at radius 2 is 1.69 bits per heavy atom. The summed E-state index contributed by atoms with van der Waals surface area (Å²) < 4.78 is 44.6. The van der Waals surface area contributed by atoms with Gasteiger partial charge in [-0.15, -0.1) is 5.01 Å². The van der Waals surface area contributed by atoms with Crippen molar-refractivity contribution in [2.75, 3.05) is 7.05 Å². The largest absolute Gasteiger partial charge is 0.569 e. The fourth-order valence-electron chi connectivity index (χ4n) is 3.05. The lowest BCUT2D eigenvalue weighted by atomic mass is 9.95. The average Bonchev–Trinajstić information content (AvgIpc) is 2.62. The molecule has 1 aromatic carbocycles. The molecule has 0 radical (unpaired) electrons. The zero-order chi connectivity index (χ0) is 21.8. The summed E-state index contributed by atoms with van der Waals surface area (Å²) in [6.07, 6.45) is -1.85. The third-order valence-corrected chi connectivity index (χ3v) is 5.06. The molecule has 0 heterocycles. The molecule has 9 heteroatoms. The molecule has 0 aliphatic heterocycles. The van der Waals surface area contributed by atoms with Crippen molar-refractivity contribution < 1.29 is 27.7 Å². The molecule has 1 fully saturated rings. The van der Waals surface area contributed by atoms with Crippen LogP contribution in [0.15, 0.2) is 23.5 Å². The summed E-state index contributed by atoms with van der Waals surface area (Å²) in [5.41, 5.74) is 0.0386. The molecule has 0 N–H and O–H groups in total. The highest BCUT2D eigenvalue weighted by Crippen LogP contribution is 2.31. The molecule has 1 saturated carbocycles. The summed E-state index contributed by atoms with van der Waals surface area (Å²) in [5.74, 6) is 0. The van der Waals surface area contributed by atoms with E-state index in [2.05, 4.69) is 5.28 Å². The summed E-state index contributed by atoms with van der Waals surface area (Å²) in [4.78, 5) is 5.80. The van der Waals surface area contributed by atoms with Crippen molar-refractivity contribution in [2.45, 2.75) is 83.9 Å². The second-order valence-corrected chi connectivity index (χ2v) is 8.55. The van der Waals surface area contributed by atoms with Crippen LogP contribution in [0.5, 0.6) is 0 Å². The average molecular weight is 417 g/mol. The van der Waals surface area contributed by atoms with E-state index >= 15 is 0 Å². The summed E-state index contributed by atoms with van der Waals surface area (Å²) in [6, 6.07) is 3.97. The summed E-state index contributed by atoms with van der Waals surface area (Å²) in [6.45, 7) is 7.45. The monoisotopic (exact) mass is 417 g/mol. The maximum absolute atomic E-state index is 12.9. The first-order valence-electron chi connectivity index (χ1n) is 9.73. The molecule has 0 bridgehead atoms. The van der Waals surface area contributed by atoms with Gasteiger partial charge in [0.1, 0.15) is 6.10 Å². The Labute approximate surface area is 169 Å². The number of hydrogen-bond acceptors (Lipinski definition) is 4. The molecule has 1 aromatic rings. The molecule has 0 spiro atoms. The molecule has 1 aliphatic carbocycles. The Hall–Kier alpha value is -2.03. The molecule has 0 saturated heterocycles. The number of aryl methyl sites for hydroxylation is 1. The number of nitrogens with zero attached hydrogens (tertiary/aromatic N) is 3. The van der Waals surface area contributed by atoms with Crippen LogP contribution in [0.2, 0.25) is 0 Å². The number of halogens is 3. The molecule has 2 rings (SSSR count). The van der Waals surface area contributed by atoms with Crippen molar-refractivity contribution in [3.8, 4) is 0 Å². The molecule has 0 aromatic heterocycles. The first kappa shape index (κ1) is 23.3. The quantitative estimate of drug-likeness (QED) is 0.354. The van der Waals surface area contributed by atoms with E-state index in [-0.39, 0.29) is 24.4 Å². The fraction of sp³-hybridized carbons (Fsp3) is 0.700. The van der Waals surface area contributed by atoms with E-state index in [0.29, 0.717) is 41.8 Å². The van der Waals surface area contributed by atoms with E-state index in [0.717, 1.165) is 12.1 Å². The molecule has 0 amide bonds. The Kier molecular flexibility index (Phi) is 7.37. The van der Waals surface area contributed by atoms with E-state index in [9.17, 15) is 18.4 Å². The van der Waals surface area contributed by atoms with Gasteiger partial charge in [0.2, 0.25) is 5.28 Å².